The number of ether oxygens (including phenoxy) is 2. The second-order valence-electron chi connectivity index (χ2n) is 4.19. The van der Waals surface area contributed by atoms with E-state index in [1.807, 2.05) is 24.3 Å². The Balaban J connectivity index is 2.28. The number of hydrogen-bond acceptors (Lipinski definition) is 5. The van der Waals surface area contributed by atoms with E-state index in [2.05, 4.69) is 16.5 Å². The molecule has 0 saturated heterocycles. The van der Waals surface area contributed by atoms with Crippen LogP contribution in [0.25, 0.3) is 0 Å². The number of benzene rings is 1. The van der Waals surface area contributed by atoms with Crippen LogP contribution in [0.3, 0.4) is 0 Å². The third-order valence-corrected chi connectivity index (χ3v) is 2.90. The number of allylic oxidation sites excluding steroid dienone is 1. The molecule has 1 heterocycles. The molecule has 1 aromatic heterocycles. The van der Waals surface area contributed by atoms with Crippen molar-refractivity contribution in [2.24, 2.45) is 5.73 Å². The molecule has 0 aliphatic carbocycles. The number of rotatable bonds is 6. The van der Waals surface area contributed by atoms with Gasteiger partial charge in [-0.05, 0) is 24.1 Å². The molecule has 21 heavy (non-hydrogen) atoms. The fraction of sp³-hybridized carbons (Fsp3) is 0.133. The summed E-state index contributed by atoms with van der Waals surface area (Å²) >= 11 is 4.87. The van der Waals surface area contributed by atoms with E-state index in [0.717, 1.165) is 12.0 Å². The molecule has 0 atom stereocenters. The lowest BCUT2D eigenvalue weighted by atomic mass is 10.1. The Morgan fingerprint density at radius 2 is 2.19 bits per heavy atom. The predicted octanol–water partition coefficient (Wildman–Crippen LogP) is 2.64. The van der Waals surface area contributed by atoms with E-state index in [0.29, 0.717) is 23.1 Å². The van der Waals surface area contributed by atoms with Crippen LogP contribution in [-0.4, -0.2) is 22.1 Å². The van der Waals surface area contributed by atoms with Crippen LogP contribution in [0.2, 0.25) is 0 Å². The third kappa shape index (κ3) is 3.76. The van der Waals surface area contributed by atoms with Crippen LogP contribution < -0.4 is 15.2 Å². The van der Waals surface area contributed by atoms with Crippen molar-refractivity contribution in [3.8, 4) is 17.4 Å². The number of nitrogens with two attached hydrogens (primary N) is 1. The van der Waals surface area contributed by atoms with Gasteiger partial charge in [-0.2, -0.15) is 0 Å². The zero-order valence-electron chi connectivity index (χ0n) is 11.6. The lowest BCUT2D eigenvalue weighted by Gasteiger charge is -2.11. The molecule has 0 amide bonds. The number of nitrogens with zero attached hydrogens (tertiary/aromatic N) is 2. The van der Waals surface area contributed by atoms with Gasteiger partial charge in [-0.15, -0.1) is 6.58 Å². The standard InChI is InChI=1S/C15H15N3O2S/c1-3-4-10-5-6-12(13(7-10)19-2)20-14-9-17-8-11(18-14)15(16)21/h3,5-9H,1,4H2,2H3,(H2,16,21). The minimum absolute atomic E-state index is 0.168. The van der Waals surface area contributed by atoms with Crippen LogP contribution in [0.4, 0.5) is 0 Å². The zero-order chi connectivity index (χ0) is 15.2. The summed E-state index contributed by atoms with van der Waals surface area (Å²) in [5, 5.41) is 0. The molecule has 0 radical (unpaired) electrons. The van der Waals surface area contributed by atoms with Crippen molar-refractivity contribution in [2.45, 2.75) is 6.42 Å². The predicted molar refractivity (Wildman–Crippen MR) is 84.9 cm³/mol. The molecule has 5 nitrogen and oxygen atoms in total. The highest BCUT2D eigenvalue weighted by Crippen LogP contribution is 2.31. The van der Waals surface area contributed by atoms with Gasteiger partial charge in [-0.3, -0.25) is 4.98 Å². The monoisotopic (exact) mass is 301 g/mol. The molecular formula is C15H15N3O2S. The van der Waals surface area contributed by atoms with Crippen LogP contribution in [0.15, 0.2) is 43.2 Å². The first-order valence-electron chi connectivity index (χ1n) is 6.21. The van der Waals surface area contributed by atoms with Crippen LogP contribution in [0.5, 0.6) is 17.4 Å². The maximum atomic E-state index is 5.68. The summed E-state index contributed by atoms with van der Waals surface area (Å²) in [5.41, 5.74) is 7.01. The second-order valence-corrected chi connectivity index (χ2v) is 4.63. The second kappa shape index (κ2) is 6.81. The van der Waals surface area contributed by atoms with Crippen molar-refractivity contribution in [1.29, 1.82) is 0 Å². The molecule has 0 bridgehead atoms. The van der Waals surface area contributed by atoms with Crippen LogP contribution in [0.1, 0.15) is 11.3 Å². The van der Waals surface area contributed by atoms with Crippen molar-refractivity contribution in [3.05, 3.63) is 54.5 Å². The SMILES string of the molecule is C=CCc1ccc(Oc2cncc(C(N)=S)n2)c(OC)c1. The van der Waals surface area contributed by atoms with Gasteiger partial charge >= 0.3 is 0 Å². The Hall–Kier alpha value is -2.47. The average Bonchev–Trinajstić information content (AvgIpc) is 2.49. The van der Waals surface area contributed by atoms with Crippen LogP contribution in [-0.2, 0) is 6.42 Å². The summed E-state index contributed by atoms with van der Waals surface area (Å²) < 4.78 is 11.0. The fourth-order valence-electron chi connectivity index (χ4n) is 1.72. The molecule has 2 N–H and O–H groups in total. The Morgan fingerprint density at radius 3 is 2.86 bits per heavy atom. The van der Waals surface area contributed by atoms with Crippen molar-refractivity contribution in [1.82, 2.24) is 9.97 Å². The summed E-state index contributed by atoms with van der Waals surface area (Å²) in [6.07, 6.45) is 5.55. The lowest BCUT2D eigenvalue weighted by Crippen LogP contribution is -2.12. The van der Waals surface area contributed by atoms with Gasteiger partial charge in [0, 0.05) is 0 Å². The summed E-state index contributed by atoms with van der Waals surface area (Å²) in [6.45, 7) is 3.71. The molecule has 6 heteroatoms. The highest BCUT2D eigenvalue weighted by molar-refractivity contribution is 7.80. The van der Waals surface area contributed by atoms with Crippen LogP contribution >= 0.6 is 12.2 Å². The van der Waals surface area contributed by atoms with Crippen molar-refractivity contribution in [2.75, 3.05) is 7.11 Å². The van der Waals surface area contributed by atoms with E-state index < -0.39 is 0 Å². The largest absolute Gasteiger partial charge is 0.493 e. The molecule has 0 aliphatic heterocycles. The molecule has 1 aromatic carbocycles. The Bertz CT molecular complexity index is 674. The minimum Gasteiger partial charge on any atom is -0.493 e. The third-order valence-electron chi connectivity index (χ3n) is 2.69. The van der Waals surface area contributed by atoms with Gasteiger partial charge in [0.1, 0.15) is 10.7 Å². The first-order chi connectivity index (χ1) is 10.1. The van der Waals surface area contributed by atoms with Gasteiger partial charge in [0.25, 0.3) is 0 Å². The Kier molecular flexibility index (Phi) is 4.84. The minimum atomic E-state index is 0.168. The topological polar surface area (TPSA) is 70.3 Å². The highest BCUT2D eigenvalue weighted by Gasteiger charge is 2.09. The van der Waals surface area contributed by atoms with Gasteiger partial charge in [-0.25, -0.2) is 4.98 Å². The average molecular weight is 301 g/mol. The molecule has 2 aromatic rings. The van der Waals surface area contributed by atoms with Gasteiger partial charge < -0.3 is 15.2 Å². The summed E-state index contributed by atoms with van der Waals surface area (Å²) in [7, 11) is 1.58. The lowest BCUT2D eigenvalue weighted by molar-refractivity contribution is 0.373. The summed E-state index contributed by atoms with van der Waals surface area (Å²) in [4.78, 5) is 8.34. The van der Waals surface area contributed by atoms with E-state index in [1.165, 1.54) is 12.4 Å². The van der Waals surface area contributed by atoms with Crippen molar-refractivity contribution >= 4 is 17.2 Å². The summed E-state index contributed by atoms with van der Waals surface area (Å²) in [5.74, 6) is 1.45. The first kappa shape index (κ1) is 14.9. The molecule has 0 spiro atoms. The maximum absolute atomic E-state index is 5.68. The Labute approximate surface area is 128 Å². The van der Waals surface area contributed by atoms with Gasteiger partial charge in [0.2, 0.25) is 5.88 Å². The maximum Gasteiger partial charge on any atom is 0.238 e. The van der Waals surface area contributed by atoms with E-state index in [1.54, 1.807) is 7.11 Å². The van der Waals surface area contributed by atoms with Crippen molar-refractivity contribution < 1.29 is 9.47 Å². The molecule has 0 unspecified atom stereocenters. The molecule has 0 saturated carbocycles. The molecular weight excluding hydrogens is 286 g/mol. The van der Waals surface area contributed by atoms with Gasteiger partial charge in [0.05, 0.1) is 19.5 Å². The van der Waals surface area contributed by atoms with Gasteiger partial charge in [-0.1, -0.05) is 24.4 Å². The normalized spacial score (nSPS) is 9.95. The summed E-state index contributed by atoms with van der Waals surface area (Å²) in [6, 6.07) is 5.64. The van der Waals surface area contributed by atoms with Gasteiger partial charge in [0.15, 0.2) is 11.5 Å². The number of aromatic nitrogens is 2. The first-order valence-corrected chi connectivity index (χ1v) is 6.62. The number of thiocarbonyl (C=S) groups is 1. The Morgan fingerprint density at radius 1 is 1.38 bits per heavy atom. The zero-order valence-corrected chi connectivity index (χ0v) is 12.4. The van der Waals surface area contributed by atoms with E-state index >= 15 is 0 Å². The van der Waals surface area contributed by atoms with E-state index in [4.69, 9.17) is 27.4 Å². The molecule has 0 fully saturated rings. The number of hydrogen-bond donors (Lipinski definition) is 1. The number of methoxy groups -OCH3 is 1. The quantitative estimate of drug-likeness (QED) is 0.653. The van der Waals surface area contributed by atoms with E-state index in [9.17, 15) is 0 Å². The van der Waals surface area contributed by atoms with E-state index in [-0.39, 0.29) is 4.99 Å². The fourth-order valence-corrected chi connectivity index (χ4v) is 1.82. The molecule has 0 aliphatic rings. The highest BCUT2D eigenvalue weighted by atomic mass is 32.1. The van der Waals surface area contributed by atoms with Crippen molar-refractivity contribution in [3.63, 3.8) is 0 Å². The molecule has 108 valence electrons. The molecule has 2 rings (SSSR count). The van der Waals surface area contributed by atoms with Crippen LogP contribution in [0, 0.1) is 0 Å². The smallest absolute Gasteiger partial charge is 0.238 e.